The van der Waals surface area contributed by atoms with E-state index in [0.29, 0.717) is 6.04 Å². The van der Waals surface area contributed by atoms with Gasteiger partial charge in [-0.2, -0.15) is 0 Å². The van der Waals surface area contributed by atoms with Gasteiger partial charge in [-0.3, -0.25) is 4.79 Å². The Balaban J connectivity index is 1.66. The van der Waals surface area contributed by atoms with Gasteiger partial charge in [-0.25, -0.2) is 0 Å². The normalized spacial score (nSPS) is 15.9. The molecule has 0 spiro atoms. The van der Waals surface area contributed by atoms with Gasteiger partial charge in [0, 0.05) is 24.0 Å². The van der Waals surface area contributed by atoms with Gasteiger partial charge >= 0.3 is 0 Å². The summed E-state index contributed by atoms with van der Waals surface area (Å²) in [5, 5.41) is 10.9. The summed E-state index contributed by atoms with van der Waals surface area (Å²) in [6.07, 6.45) is 2.70. The van der Waals surface area contributed by atoms with Crippen LogP contribution in [0.2, 0.25) is 0 Å². The highest BCUT2D eigenvalue weighted by atomic mass is 32.2. The molecule has 0 aliphatic carbocycles. The molecule has 0 bridgehead atoms. The van der Waals surface area contributed by atoms with Crippen LogP contribution >= 0.6 is 23.1 Å². The van der Waals surface area contributed by atoms with Crippen molar-refractivity contribution < 1.29 is 4.79 Å². The van der Waals surface area contributed by atoms with Gasteiger partial charge in [-0.15, -0.1) is 21.5 Å². The number of carbonyl (C=O) groups excluding carboxylic acids is 1. The number of thioether (sulfide) groups is 1. The largest absolute Gasteiger partial charge is 0.337 e. The smallest absolute Gasteiger partial charge is 0.236 e. The fraction of sp³-hybridized carbons (Fsp3) is 0.533. The van der Waals surface area contributed by atoms with Crippen molar-refractivity contribution in [3.8, 4) is 0 Å². The number of nitrogens with zero attached hydrogens (tertiary/aromatic N) is 4. The van der Waals surface area contributed by atoms with E-state index >= 15 is 0 Å². The van der Waals surface area contributed by atoms with E-state index in [1.54, 1.807) is 17.7 Å². The molecule has 5 nitrogen and oxygen atoms in total. The fourth-order valence-corrected chi connectivity index (χ4v) is 4.50. The zero-order chi connectivity index (χ0) is 15.7. The monoisotopic (exact) mass is 336 g/mol. The summed E-state index contributed by atoms with van der Waals surface area (Å²) >= 11 is 3.28. The third-order valence-electron chi connectivity index (χ3n) is 3.85. The first-order valence-electron chi connectivity index (χ1n) is 7.46. The molecule has 1 amide bonds. The Morgan fingerprint density at radius 1 is 1.41 bits per heavy atom. The van der Waals surface area contributed by atoms with E-state index in [-0.39, 0.29) is 11.2 Å². The van der Waals surface area contributed by atoms with Crippen LogP contribution in [0.3, 0.4) is 0 Å². The van der Waals surface area contributed by atoms with Crippen molar-refractivity contribution in [1.29, 1.82) is 0 Å². The molecule has 3 rings (SSSR count). The molecule has 0 aromatic carbocycles. The van der Waals surface area contributed by atoms with E-state index in [4.69, 9.17) is 0 Å². The van der Waals surface area contributed by atoms with Crippen molar-refractivity contribution in [3.63, 3.8) is 0 Å². The molecular formula is C15H20N4OS2. The molecule has 0 radical (unpaired) electrons. The highest BCUT2D eigenvalue weighted by molar-refractivity contribution is 8.00. The Bertz CT molecular complexity index is 664. The third kappa shape index (κ3) is 3.05. The predicted octanol–water partition coefficient (Wildman–Crippen LogP) is 2.99. The summed E-state index contributed by atoms with van der Waals surface area (Å²) in [4.78, 5) is 16.1. The molecule has 0 N–H and O–H groups in total. The van der Waals surface area contributed by atoms with Gasteiger partial charge < -0.3 is 9.47 Å². The quantitative estimate of drug-likeness (QED) is 0.806. The van der Waals surface area contributed by atoms with Crippen LogP contribution in [0, 0.1) is 0 Å². The molecule has 1 aliphatic rings. The van der Waals surface area contributed by atoms with Gasteiger partial charge in [0.1, 0.15) is 6.33 Å². The lowest BCUT2D eigenvalue weighted by Gasteiger charge is -2.29. The number of amides is 1. The number of fused-ring (bicyclic) bond motifs is 1. The Morgan fingerprint density at radius 3 is 3.00 bits per heavy atom. The van der Waals surface area contributed by atoms with E-state index in [1.807, 2.05) is 16.4 Å². The van der Waals surface area contributed by atoms with Gasteiger partial charge in [0.05, 0.1) is 5.25 Å². The molecule has 0 saturated heterocycles. The second-order valence-corrected chi connectivity index (χ2v) is 8.06. The van der Waals surface area contributed by atoms with E-state index in [9.17, 15) is 4.79 Å². The third-order valence-corrected chi connectivity index (χ3v) is 5.93. The van der Waals surface area contributed by atoms with Crippen LogP contribution in [-0.4, -0.2) is 37.4 Å². The summed E-state index contributed by atoms with van der Waals surface area (Å²) in [6.45, 7) is 7.67. The van der Waals surface area contributed by atoms with Gasteiger partial charge in [-0.05, 0) is 44.2 Å². The first kappa shape index (κ1) is 15.6. The average Bonchev–Trinajstić information content (AvgIpc) is 3.13. The molecule has 1 unspecified atom stereocenters. The summed E-state index contributed by atoms with van der Waals surface area (Å²) < 4.78 is 2.00. The van der Waals surface area contributed by atoms with Crippen LogP contribution in [-0.2, 0) is 17.8 Å². The number of rotatable bonds is 4. The van der Waals surface area contributed by atoms with E-state index in [2.05, 4.69) is 35.5 Å². The predicted molar refractivity (Wildman–Crippen MR) is 89.2 cm³/mol. The highest BCUT2D eigenvalue weighted by Crippen LogP contribution is 2.28. The molecule has 22 heavy (non-hydrogen) atoms. The lowest BCUT2D eigenvalue weighted by Crippen LogP contribution is -2.39. The molecular weight excluding hydrogens is 316 g/mol. The van der Waals surface area contributed by atoms with Crippen molar-refractivity contribution in [2.24, 2.45) is 0 Å². The van der Waals surface area contributed by atoms with Gasteiger partial charge in [0.15, 0.2) is 5.16 Å². The minimum Gasteiger partial charge on any atom is -0.337 e. The topological polar surface area (TPSA) is 51.0 Å². The highest BCUT2D eigenvalue weighted by Gasteiger charge is 2.27. The Labute approximate surface area is 138 Å². The van der Waals surface area contributed by atoms with Crippen LogP contribution in [0.4, 0.5) is 0 Å². The fourth-order valence-electron chi connectivity index (χ4n) is 2.57. The van der Waals surface area contributed by atoms with E-state index < -0.39 is 0 Å². The SMILES string of the molecule is CC(Sc1nncn1C(C)C)C(=O)N1CCc2sccc2C1. The first-order valence-corrected chi connectivity index (χ1v) is 9.22. The second kappa shape index (κ2) is 6.42. The molecule has 2 aromatic heterocycles. The van der Waals surface area contributed by atoms with E-state index in [0.717, 1.165) is 24.7 Å². The Hall–Kier alpha value is -1.34. The molecule has 118 valence electrons. The second-order valence-electron chi connectivity index (χ2n) is 5.75. The Kier molecular flexibility index (Phi) is 4.54. The number of hydrogen-bond donors (Lipinski definition) is 0. The molecule has 1 atom stereocenters. The number of aromatic nitrogens is 3. The molecule has 7 heteroatoms. The molecule has 2 aromatic rings. The summed E-state index contributed by atoms with van der Waals surface area (Å²) in [7, 11) is 0. The lowest BCUT2D eigenvalue weighted by molar-refractivity contribution is -0.131. The minimum absolute atomic E-state index is 0.151. The maximum atomic E-state index is 12.7. The van der Waals surface area contributed by atoms with Gasteiger partial charge in [0.25, 0.3) is 0 Å². The zero-order valence-corrected chi connectivity index (χ0v) is 14.7. The molecule has 3 heterocycles. The van der Waals surface area contributed by atoms with Crippen molar-refractivity contribution in [3.05, 3.63) is 28.2 Å². The minimum atomic E-state index is -0.151. The van der Waals surface area contributed by atoms with E-state index in [1.165, 1.54) is 22.2 Å². The van der Waals surface area contributed by atoms with Crippen LogP contribution in [0.15, 0.2) is 22.9 Å². The standard InChI is InChI=1S/C15H20N4OS2/c1-10(2)19-9-16-17-15(19)22-11(3)14(20)18-6-4-13-12(8-18)5-7-21-13/h5,7,9-11H,4,6,8H2,1-3H3. The molecule has 0 saturated carbocycles. The van der Waals surface area contributed by atoms with Crippen LogP contribution < -0.4 is 0 Å². The average molecular weight is 336 g/mol. The zero-order valence-electron chi connectivity index (χ0n) is 13.0. The number of carbonyl (C=O) groups is 1. The van der Waals surface area contributed by atoms with Gasteiger partial charge in [-0.1, -0.05) is 11.8 Å². The molecule has 1 aliphatic heterocycles. The molecule has 0 fully saturated rings. The first-order chi connectivity index (χ1) is 10.6. The Morgan fingerprint density at radius 2 is 2.23 bits per heavy atom. The van der Waals surface area contributed by atoms with Crippen LogP contribution in [0.25, 0.3) is 0 Å². The van der Waals surface area contributed by atoms with Gasteiger partial charge in [0.2, 0.25) is 5.91 Å². The van der Waals surface area contributed by atoms with Crippen LogP contribution in [0.5, 0.6) is 0 Å². The number of hydrogen-bond acceptors (Lipinski definition) is 5. The van der Waals surface area contributed by atoms with Crippen molar-refractivity contribution in [2.45, 2.75) is 50.2 Å². The van der Waals surface area contributed by atoms with Crippen molar-refractivity contribution in [2.75, 3.05) is 6.54 Å². The lowest BCUT2D eigenvalue weighted by atomic mass is 10.1. The maximum Gasteiger partial charge on any atom is 0.236 e. The van der Waals surface area contributed by atoms with Crippen LogP contribution in [0.1, 0.15) is 37.3 Å². The summed E-state index contributed by atoms with van der Waals surface area (Å²) in [6, 6.07) is 2.43. The maximum absolute atomic E-state index is 12.7. The number of thiophene rings is 1. The van der Waals surface area contributed by atoms with Crippen molar-refractivity contribution in [1.82, 2.24) is 19.7 Å². The summed E-state index contributed by atoms with van der Waals surface area (Å²) in [5.41, 5.74) is 1.30. The summed E-state index contributed by atoms with van der Waals surface area (Å²) in [5.74, 6) is 0.181. The van der Waals surface area contributed by atoms with Crippen molar-refractivity contribution >= 4 is 29.0 Å².